The van der Waals surface area contributed by atoms with Crippen LogP contribution in [0.15, 0.2) is 22.6 Å². The van der Waals surface area contributed by atoms with Crippen molar-refractivity contribution < 1.29 is 22.7 Å². The summed E-state index contributed by atoms with van der Waals surface area (Å²) in [5.41, 5.74) is 1.42. The topological polar surface area (TPSA) is 110 Å². The minimum absolute atomic E-state index is 0.325. The molecule has 0 aliphatic rings. The molecule has 0 saturated carbocycles. The highest BCUT2D eigenvalue weighted by atomic mass is 32.2. The molecule has 2 aromatic rings. The van der Waals surface area contributed by atoms with Crippen LogP contribution in [0.2, 0.25) is 0 Å². The van der Waals surface area contributed by atoms with Crippen LogP contribution in [0.5, 0.6) is 0 Å². The van der Waals surface area contributed by atoms with Gasteiger partial charge in [0, 0.05) is 6.92 Å². The van der Waals surface area contributed by atoms with E-state index >= 15 is 0 Å². The molecular formula is C11H12N2O5S. The van der Waals surface area contributed by atoms with E-state index in [0.717, 1.165) is 0 Å². The van der Waals surface area contributed by atoms with Gasteiger partial charge in [0.2, 0.25) is 10.0 Å². The number of nitrogens with zero attached hydrogens (tertiary/aromatic N) is 1. The molecular weight excluding hydrogens is 272 g/mol. The molecule has 0 bridgehead atoms. The van der Waals surface area contributed by atoms with Crippen molar-refractivity contribution in [3.8, 4) is 0 Å². The minimum Gasteiger partial charge on any atom is -0.481 e. The van der Waals surface area contributed by atoms with Crippen molar-refractivity contribution in [1.82, 2.24) is 4.98 Å². The molecule has 0 fully saturated rings. The number of carboxylic acids is 1. The summed E-state index contributed by atoms with van der Waals surface area (Å²) in [6.07, 6.45) is -0.444. The van der Waals surface area contributed by atoms with E-state index in [0.29, 0.717) is 22.7 Å². The summed E-state index contributed by atoms with van der Waals surface area (Å²) >= 11 is 0. The number of benzene rings is 1. The predicted octanol–water partition coefficient (Wildman–Crippen LogP) is 1.35. The molecule has 102 valence electrons. The van der Waals surface area contributed by atoms with Crippen LogP contribution in [0, 0.1) is 6.92 Å². The third-order valence-electron chi connectivity index (χ3n) is 2.35. The highest BCUT2D eigenvalue weighted by Crippen LogP contribution is 2.20. The fourth-order valence-corrected chi connectivity index (χ4v) is 2.59. The normalized spacial score (nSPS) is 11.6. The largest absolute Gasteiger partial charge is 0.481 e. The Bertz CT molecular complexity index is 720. The first-order valence-electron chi connectivity index (χ1n) is 5.45. The quantitative estimate of drug-likeness (QED) is 0.857. The van der Waals surface area contributed by atoms with Gasteiger partial charge in [0.25, 0.3) is 0 Å². The number of hydrogen-bond donors (Lipinski definition) is 2. The molecule has 0 radical (unpaired) electrons. The lowest BCUT2D eigenvalue weighted by Crippen LogP contribution is -2.18. The summed E-state index contributed by atoms with van der Waals surface area (Å²) in [7, 11) is -3.68. The van der Waals surface area contributed by atoms with Gasteiger partial charge < -0.3 is 9.52 Å². The van der Waals surface area contributed by atoms with Crippen molar-refractivity contribution in [3.63, 3.8) is 0 Å². The molecule has 0 spiro atoms. The molecule has 1 aromatic carbocycles. The average Bonchev–Trinajstić information content (AvgIpc) is 2.65. The summed E-state index contributed by atoms with van der Waals surface area (Å²) in [5.74, 6) is -1.15. The van der Waals surface area contributed by atoms with E-state index < -0.39 is 28.2 Å². The van der Waals surface area contributed by atoms with Crippen molar-refractivity contribution in [3.05, 3.63) is 24.1 Å². The summed E-state index contributed by atoms with van der Waals surface area (Å²) < 4.78 is 30.8. The average molecular weight is 284 g/mol. The first-order valence-corrected chi connectivity index (χ1v) is 7.10. The number of aliphatic carboxylic acids is 1. The van der Waals surface area contributed by atoms with Crippen LogP contribution < -0.4 is 4.72 Å². The standard InChI is InChI=1S/C11H12N2O5S/c1-7-12-9-6-8(2-3-10(9)18-7)13-19(16,17)5-4-11(14)15/h2-3,6,13H,4-5H2,1H3,(H,14,15). The smallest absolute Gasteiger partial charge is 0.304 e. The van der Waals surface area contributed by atoms with Gasteiger partial charge in [0.1, 0.15) is 5.52 Å². The van der Waals surface area contributed by atoms with E-state index in [1.807, 2.05) is 0 Å². The molecule has 0 aliphatic heterocycles. The van der Waals surface area contributed by atoms with Gasteiger partial charge in [-0.15, -0.1) is 0 Å². The number of carboxylic acid groups (broad SMARTS) is 1. The van der Waals surface area contributed by atoms with Crippen LogP contribution in [0.4, 0.5) is 5.69 Å². The zero-order valence-electron chi connectivity index (χ0n) is 10.1. The van der Waals surface area contributed by atoms with E-state index in [1.54, 1.807) is 13.0 Å². The van der Waals surface area contributed by atoms with Gasteiger partial charge in [0.05, 0.1) is 17.9 Å². The second kappa shape index (κ2) is 4.88. The Labute approximate surface area is 109 Å². The molecule has 0 saturated heterocycles. The maximum atomic E-state index is 11.6. The van der Waals surface area contributed by atoms with Crippen LogP contribution in [0.3, 0.4) is 0 Å². The summed E-state index contributed by atoms with van der Waals surface area (Å²) in [6.45, 7) is 1.69. The first kappa shape index (κ1) is 13.3. The number of hydrogen-bond acceptors (Lipinski definition) is 5. The number of sulfonamides is 1. The van der Waals surface area contributed by atoms with Gasteiger partial charge in [-0.1, -0.05) is 0 Å². The molecule has 7 nitrogen and oxygen atoms in total. The Balaban J connectivity index is 2.18. The van der Waals surface area contributed by atoms with Crippen molar-refractivity contribution in [2.75, 3.05) is 10.5 Å². The van der Waals surface area contributed by atoms with E-state index in [2.05, 4.69) is 9.71 Å². The molecule has 1 heterocycles. The SMILES string of the molecule is Cc1nc2cc(NS(=O)(=O)CCC(=O)O)ccc2o1. The number of aryl methyl sites for hydroxylation is 1. The highest BCUT2D eigenvalue weighted by molar-refractivity contribution is 7.92. The third kappa shape index (κ3) is 3.44. The van der Waals surface area contributed by atoms with Crippen molar-refractivity contribution >= 4 is 32.8 Å². The van der Waals surface area contributed by atoms with Gasteiger partial charge in [-0.3, -0.25) is 9.52 Å². The Morgan fingerprint density at radius 3 is 2.89 bits per heavy atom. The van der Waals surface area contributed by atoms with Gasteiger partial charge in [0.15, 0.2) is 11.5 Å². The summed E-state index contributed by atoms with van der Waals surface area (Å²) in [4.78, 5) is 14.4. The number of carbonyl (C=O) groups is 1. The van der Waals surface area contributed by atoms with Gasteiger partial charge in [-0.05, 0) is 18.2 Å². The number of fused-ring (bicyclic) bond motifs is 1. The number of nitrogens with one attached hydrogen (secondary N) is 1. The Morgan fingerprint density at radius 2 is 2.21 bits per heavy atom. The second-order valence-corrected chi connectivity index (χ2v) is 5.82. The lowest BCUT2D eigenvalue weighted by Gasteiger charge is -2.06. The molecule has 0 amide bonds. The molecule has 19 heavy (non-hydrogen) atoms. The Morgan fingerprint density at radius 1 is 1.47 bits per heavy atom. The Kier molecular flexibility index (Phi) is 3.43. The van der Waals surface area contributed by atoms with Gasteiger partial charge in [-0.2, -0.15) is 0 Å². The van der Waals surface area contributed by atoms with Gasteiger partial charge >= 0.3 is 5.97 Å². The van der Waals surface area contributed by atoms with Crippen LogP contribution >= 0.6 is 0 Å². The van der Waals surface area contributed by atoms with E-state index in [-0.39, 0.29) is 0 Å². The molecule has 0 unspecified atom stereocenters. The zero-order chi connectivity index (χ0) is 14.0. The lowest BCUT2D eigenvalue weighted by atomic mass is 10.3. The number of oxazole rings is 1. The maximum Gasteiger partial charge on any atom is 0.304 e. The van der Waals surface area contributed by atoms with Gasteiger partial charge in [-0.25, -0.2) is 13.4 Å². The number of anilines is 1. The zero-order valence-corrected chi connectivity index (χ0v) is 10.9. The van der Waals surface area contributed by atoms with Crippen LogP contribution in [0.25, 0.3) is 11.1 Å². The molecule has 2 rings (SSSR count). The van der Waals surface area contributed by atoms with Crippen molar-refractivity contribution in [2.45, 2.75) is 13.3 Å². The molecule has 0 aliphatic carbocycles. The van der Waals surface area contributed by atoms with Crippen LogP contribution in [-0.2, 0) is 14.8 Å². The fourth-order valence-electron chi connectivity index (χ4n) is 1.56. The molecule has 2 N–H and O–H groups in total. The summed E-state index contributed by atoms with van der Waals surface area (Å²) in [6, 6.07) is 4.67. The van der Waals surface area contributed by atoms with Crippen molar-refractivity contribution in [2.24, 2.45) is 0 Å². The predicted molar refractivity (Wildman–Crippen MR) is 68.4 cm³/mol. The fraction of sp³-hybridized carbons (Fsp3) is 0.273. The Hall–Kier alpha value is -2.09. The van der Waals surface area contributed by atoms with Crippen LogP contribution in [-0.4, -0.2) is 30.2 Å². The number of aromatic nitrogens is 1. The monoisotopic (exact) mass is 284 g/mol. The molecule has 1 aromatic heterocycles. The van der Waals surface area contributed by atoms with Crippen molar-refractivity contribution in [1.29, 1.82) is 0 Å². The van der Waals surface area contributed by atoms with E-state index in [1.165, 1.54) is 12.1 Å². The van der Waals surface area contributed by atoms with E-state index in [4.69, 9.17) is 9.52 Å². The minimum atomic E-state index is -3.68. The highest BCUT2D eigenvalue weighted by Gasteiger charge is 2.13. The molecule has 8 heteroatoms. The maximum absolute atomic E-state index is 11.6. The first-order chi connectivity index (χ1) is 8.85. The molecule has 0 atom stereocenters. The van der Waals surface area contributed by atoms with Crippen LogP contribution in [0.1, 0.15) is 12.3 Å². The lowest BCUT2D eigenvalue weighted by molar-refractivity contribution is -0.136. The van der Waals surface area contributed by atoms with E-state index in [9.17, 15) is 13.2 Å². The number of rotatable bonds is 5. The summed E-state index contributed by atoms with van der Waals surface area (Å²) in [5, 5.41) is 8.47. The second-order valence-electron chi connectivity index (χ2n) is 3.98. The third-order valence-corrected chi connectivity index (χ3v) is 3.64.